The van der Waals surface area contributed by atoms with Crippen LogP contribution in [0.15, 0.2) is 0 Å². The molecule has 0 aromatic heterocycles. The van der Waals surface area contributed by atoms with E-state index in [1.54, 1.807) is 0 Å². The second-order valence-corrected chi connectivity index (χ2v) is 3.60. The molecule has 1 unspecified atom stereocenters. The van der Waals surface area contributed by atoms with Crippen molar-refractivity contribution in [2.45, 2.75) is 37.3 Å². The van der Waals surface area contributed by atoms with Gasteiger partial charge in [-0.05, 0) is 0 Å². The highest BCUT2D eigenvalue weighted by Gasteiger charge is 1.84. The third-order valence-electron chi connectivity index (χ3n) is 0.986. The first kappa shape index (κ1) is 11.7. The molecule has 49 valence electrons. The minimum absolute atomic E-state index is 0. The molecule has 0 bridgehead atoms. The molecule has 0 fully saturated rings. The smallest absolute Gasteiger partial charge is 0.153 e. The average Bonchev–Trinajstić information content (AvgIpc) is 1.69. The van der Waals surface area contributed by atoms with Crippen molar-refractivity contribution in [1.29, 1.82) is 0 Å². The summed E-state index contributed by atoms with van der Waals surface area (Å²) in [5.74, 6) is 0. The highest BCUT2D eigenvalue weighted by Crippen LogP contribution is 1.92. The third kappa shape index (κ3) is 10.1. The van der Waals surface area contributed by atoms with Crippen molar-refractivity contribution in [3.63, 3.8) is 0 Å². The average molecular weight is 147 g/mol. The lowest BCUT2D eigenvalue weighted by atomic mass is 10.6. The SMILES string of the molecule is CC[CH2][Al][CH2]CC.P. The molecule has 2 heteroatoms. The van der Waals surface area contributed by atoms with Crippen LogP contribution in [0.3, 0.4) is 0 Å². The molecule has 0 N–H and O–H groups in total. The van der Waals surface area contributed by atoms with E-state index in [9.17, 15) is 0 Å². The predicted octanol–water partition coefficient (Wildman–Crippen LogP) is 2.41. The molecule has 0 saturated heterocycles. The van der Waals surface area contributed by atoms with Crippen LogP contribution in [0.25, 0.3) is 0 Å². The Morgan fingerprint density at radius 2 is 1.38 bits per heavy atom. The maximum absolute atomic E-state index is 2.27. The molecular weight excluding hydrogens is 130 g/mol. The largest absolute Gasteiger partial charge is 0.199 e. The van der Waals surface area contributed by atoms with Crippen LogP contribution in [0.5, 0.6) is 0 Å². The molecule has 0 amide bonds. The Bertz CT molecular complexity index is 27.7. The molecule has 0 spiro atoms. The fourth-order valence-corrected chi connectivity index (χ4v) is 1.66. The van der Waals surface area contributed by atoms with Gasteiger partial charge >= 0.3 is 0 Å². The Labute approximate surface area is 62.8 Å². The monoisotopic (exact) mass is 147 g/mol. The molecule has 0 aromatic carbocycles. The van der Waals surface area contributed by atoms with Gasteiger partial charge in [0.15, 0.2) is 15.2 Å². The van der Waals surface area contributed by atoms with Gasteiger partial charge in [-0.15, -0.1) is 10.6 Å². The molecule has 0 nitrogen and oxygen atoms in total. The van der Waals surface area contributed by atoms with E-state index >= 15 is 0 Å². The molecule has 0 aromatic rings. The van der Waals surface area contributed by atoms with Crippen LogP contribution in [0.2, 0.25) is 10.6 Å². The van der Waals surface area contributed by atoms with E-state index in [1.807, 2.05) is 0 Å². The van der Waals surface area contributed by atoms with E-state index in [1.165, 1.54) is 23.4 Å². The summed E-state index contributed by atoms with van der Waals surface area (Å²) in [5, 5.41) is 3.02. The van der Waals surface area contributed by atoms with Crippen LogP contribution in [0.1, 0.15) is 26.7 Å². The minimum Gasteiger partial charge on any atom is -0.153 e. The fraction of sp³-hybridized carbons (Fsp3) is 1.00. The minimum atomic E-state index is 0. The van der Waals surface area contributed by atoms with Crippen LogP contribution >= 0.6 is 9.90 Å². The van der Waals surface area contributed by atoms with Crippen molar-refractivity contribution in [1.82, 2.24) is 0 Å². The van der Waals surface area contributed by atoms with Crippen molar-refractivity contribution >= 4 is 25.1 Å². The van der Waals surface area contributed by atoms with Gasteiger partial charge in [-0.2, -0.15) is 9.90 Å². The van der Waals surface area contributed by atoms with Crippen molar-refractivity contribution < 1.29 is 0 Å². The van der Waals surface area contributed by atoms with Crippen molar-refractivity contribution in [2.75, 3.05) is 0 Å². The van der Waals surface area contributed by atoms with Crippen molar-refractivity contribution in [3.05, 3.63) is 0 Å². The number of hydrogen-bond acceptors (Lipinski definition) is 0. The van der Waals surface area contributed by atoms with Gasteiger partial charge in [0.2, 0.25) is 0 Å². The fourth-order valence-electron chi connectivity index (χ4n) is 0.553. The quantitative estimate of drug-likeness (QED) is 0.325. The zero-order chi connectivity index (χ0) is 5.54. The van der Waals surface area contributed by atoms with Gasteiger partial charge in [0, 0.05) is 0 Å². The van der Waals surface area contributed by atoms with Crippen molar-refractivity contribution in [2.24, 2.45) is 0 Å². The van der Waals surface area contributed by atoms with E-state index in [2.05, 4.69) is 13.8 Å². The highest BCUT2D eigenvalue weighted by molar-refractivity contribution is 6.92. The second-order valence-electron chi connectivity index (χ2n) is 1.87. The van der Waals surface area contributed by atoms with E-state index in [-0.39, 0.29) is 9.90 Å². The number of hydrogen-bond donors (Lipinski definition) is 0. The molecule has 0 saturated carbocycles. The standard InChI is InChI=1S/2C3H7.Al.H3P/c2*1-3-2;;/h2*1,3H2,2H3;;1H3. The van der Waals surface area contributed by atoms with Crippen LogP contribution in [0.4, 0.5) is 0 Å². The van der Waals surface area contributed by atoms with Crippen LogP contribution in [0, 0.1) is 0 Å². The molecule has 0 rings (SSSR count). The molecule has 8 heavy (non-hydrogen) atoms. The highest BCUT2D eigenvalue weighted by atomic mass is 31.0. The zero-order valence-corrected chi connectivity index (χ0v) is 8.68. The topological polar surface area (TPSA) is 0 Å². The Kier molecular flexibility index (Phi) is 15.9. The molecule has 0 aliphatic heterocycles. The first-order chi connectivity index (χ1) is 3.41. The van der Waals surface area contributed by atoms with E-state index in [0.717, 1.165) is 15.2 Å². The van der Waals surface area contributed by atoms with Gasteiger partial charge in [0.1, 0.15) is 0 Å². The summed E-state index contributed by atoms with van der Waals surface area (Å²) in [4.78, 5) is 0. The van der Waals surface area contributed by atoms with Gasteiger partial charge < -0.3 is 0 Å². The summed E-state index contributed by atoms with van der Waals surface area (Å²) in [6.07, 6.45) is 2.80. The predicted molar refractivity (Wildman–Crippen MR) is 47.1 cm³/mol. The maximum Gasteiger partial charge on any atom is 0.199 e. The van der Waals surface area contributed by atoms with Crippen molar-refractivity contribution in [3.8, 4) is 0 Å². The van der Waals surface area contributed by atoms with Gasteiger partial charge in [0.25, 0.3) is 0 Å². The summed E-state index contributed by atoms with van der Waals surface area (Å²) in [7, 11) is 0. The first-order valence-electron chi connectivity index (χ1n) is 3.23. The van der Waals surface area contributed by atoms with E-state index in [0.29, 0.717) is 0 Å². The molecule has 0 heterocycles. The van der Waals surface area contributed by atoms with Gasteiger partial charge in [-0.25, -0.2) is 0 Å². The Morgan fingerprint density at radius 3 is 1.62 bits per heavy atom. The lowest BCUT2D eigenvalue weighted by Gasteiger charge is -1.87. The van der Waals surface area contributed by atoms with Gasteiger partial charge in [-0.1, -0.05) is 26.7 Å². The number of rotatable bonds is 4. The first-order valence-corrected chi connectivity index (χ1v) is 4.86. The van der Waals surface area contributed by atoms with E-state index in [4.69, 9.17) is 0 Å². The van der Waals surface area contributed by atoms with Crippen LogP contribution in [-0.2, 0) is 0 Å². The normalized spacial score (nSPS) is 7.75. The summed E-state index contributed by atoms with van der Waals surface area (Å²) >= 11 is 0.822. The molecule has 0 aliphatic rings. The molecular formula is C6H17AlP. The second kappa shape index (κ2) is 10.9. The summed E-state index contributed by atoms with van der Waals surface area (Å²) in [5.41, 5.74) is 0. The summed E-state index contributed by atoms with van der Waals surface area (Å²) < 4.78 is 0. The molecule has 0 aliphatic carbocycles. The lowest BCUT2D eigenvalue weighted by molar-refractivity contribution is 1.02. The Balaban J connectivity index is 0. The van der Waals surface area contributed by atoms with Crippen LogP contribution < -0.4 is 0 Å². The van der Waals surface area contributed by atoms with Gasteiger partial charge in [0.05, 0.1) is 0 Å². The Hall–Kier alpha value is 0.962. The maximum atomic E-state index is 2.27. The molecule has 1 atom stereocenters. The van der Waals surface area contributed by atoms with Gasteiger partial charge in [-0.3, -0.25) is 0 Å². The summed E-state index contributed by atoms with van der Waals surface area (Å²) in [6.45, 7) is 4.53. The molecule has 1 radical (unpaired) electrons. The lowest BCUT2D eigenvalue weighted by Crippen LogP contribution is -1.84. The third-order valence-corrected chi connectivity index (χ3v) is 2.96. The Morgan fingerprint density at radius 1 is 1.00 bits per heavy atom. The zero-order valence-electron chi connectivity index (χ0n) is 6.11. The van der Waals surface area contributed by atoms with Crippen LogP contribution in [-0.4, -0.2) is 15.2 Å². The summed E-state index contributed by atoms with van der Waals surface area (Å²) in [6, 6.07) is 0. The van der Waals surface area contributed by atoms with E-state index < -0.39 is 0 Å².